The molecule has 0 fully saturated rings. The zero-order chi connectivity index (χ0) is 38.6. The molecule has 17 heteroatoms. The summed E-state index contributed by atoms with van der Waals surface area (Å²) in [6, 6.07) is 0.229. The van der Waals surface area contributed by atoms with Crippen molar-refractivity contribution in [1.29, 1.82) is 0 Å². The van der Waals surface area contributed by atoms with Crippen molar-refractivity contribution in [3.05, 3.63) is 36.0 Å². The van der Waals surface area contributed by atoms with Gasteiger partial charge in [0.1, 0.15) is 36.8 Å². The van der Waals surface area contributed by atoms with Gasteiger partial charge in [0.05, 0.1) is 12.1 Å². The highest BCUT2D eigenvalue weighted by molar-refractivity contribution is 5.97. The van der Waals surface area contributed by atoms with Crippen LogP contribution in [0.1, 0.15) is 60.5 Å². The zero-order valence-corrected chi connectivity index (χ0v) is 30.0. The highest BCUT2D eigenvalue weighted by Crippen LogP contribution is 2.19. The number of aliphatic hydroxyl groups excluding tert-OH is 1. The number of aliphatic hydroxyl groups is 1. The summed E-state index contributed by atoms with van der Waals surface area (Å²) < 4.78 is 0. The first-order valence-electron chi connectivity index (χ1n) is 16.8. The van der Waals surface area contributed by atoms with Crippen LogP contribution in [0.15, 0.2) is 30.5 Å². The van der Waals surface area contributed by atoms with Gasteiger partial charge in [-0.2, -0.15) is 0 Å². The number of hydrogen-bond acceptors (Lipinski definition) is 9. The maximum atomic E-state index is 13.6. The Bertz CT molecular complexity index is 1560. The second kappa shape index (κ2) is 19.4. The lowest BCUT2D eigenvalue weighted by Gasteiger charge is -2.28. The smallest absolute Gasteiger partial charge is 0.322 e. The van der Waals surface area contributed by atoms with Gasteiger partial charge in [-0.15, -0.1) is 0 Å². The fraction of sp³-hybridized carbons (Fsp3) is 0.559. The topological polar surface area (TPSA) is 274 Å². The van der Waals surface area contributed by atoms with E-state index in [1.165, 1.54) is 20.8 Å². The van der Waals surface area contributed by atoms with E-state index < -0.39 is 96.2 Å². The molecule has 51 heavy (non-hydrogen) atoms. The number of carboxylic acids is 1. The van der Waals surface area contributed by atoms with Crippen LogP contribution < -0.4 is 37.6 Å². The van der Waals surface area contributed by atoms with Crippen LogP contribution >= 0.6 is 0 Å². The van der Waals surface area contributed by atoms with Crippen LogP contribution in [-0.2, 0) is 40.0 Å². The maximum absolute atomic E-state index is 13.6. The van der Waals surface area contributed by atoms with Gasteiger partial charge in [-0.05, 0) is 50.7 Å². The summed E-state index contributed by atoms with van der Waals surface area (Å²) in [7, 11) is 0. The summed E-state index contributed by atoms with van der Waals surface area (Å²) >= 11 is 0. The van der Waals surface area contributed by atoms with Crippen LogP contribution in [0.5, 0.6) is 0 Å². The fourth-order valence-corrected chi connectivity index (χ4v) is 5.12. The zero-order valence-electron chi connectivity index (χ0n) is 30.0. The lowest BCUT2D eigenvalue weighted by Crippen LogP contribution is -2.61. The molecule has 6 amide bonds. The number of carboxylic acid groups (broad SMARTS) is 1. The predicted octanol–water partition coefficient (Wildman–Crippen LogP) is -1.21. The Labute approximate surface area is 296 Å². The van der Waals surface area contributed by atoms with E-state index >= 15 is 0 Å². The van der Waals surface area contributed by atoms with Crippen LogP contribution in [0.2, 0.25) is 0 Å². The summed E-state index contributed by atoms with van der Waals surface area (Å²) in [6.07, 6.45) is 0.441. The van der Waals surface area contributed by atoms with Crippen LogP contribution in [0.4, 0.5) is 0 Å². The number of H-pyrrole nitrogens is 1. The minimum absolute atomic E-state index is 0.00899. The molecule has 0 saturated carbocycles. The molecule has 0 spiro atoms. The summed E-state index contributed by atoms with van der Waals surface area (Å²) in [5.74, 6) is -6.24. The molecule has 0 radical (unpaired) electrons. The minimum Gasteiger partial charge on any atom is -0.480 e. The van der Waals surface area contributed by atoms with Crippen molar-refractivity contribution in [3.63, 3.8) is 0 Å². The number of hydrogen-bond donors (Lipinski definition) is 10. The second-order valence-electron chi connectivity index (χ2n) is 13.4. The molecule has 0 aliphatic rings. The number of nitrogens with one attached hydrogen (secondary N) is 7. The number of carbonyl (C=O) groups is 7. The average Bonchev–Trinajstić information content (AvgIpc) is 3.45. The van der Waals surface area contributed by atoms with Crippen molar-refractivity contribution < 1.29 is 43.8 Å². The molecule has 2 rings (SSSR count). The van der Waals surface area contributed by atoms with Gasteiger partial charge < -0.3 is 52.8 Å². The van der Waals surface area contributed by atoms with E-state index in [1.807, 2.05) is 38.1 Å². The van der Waals surface area contributed by atoms with Crippen molar-refractivity contribution >= 4 is 52.3 Å². The standard InChI is InChI=1S/C34H52N8O9/c1-16(2)12-24(32(49)40-25(31(48)37-15-26(44)45)13-21-14-36-23-11-9-8-10-22(21)23)39-30(47)19(6)38-34(51)28(20(7)43)42-33(50)27(17(3)4)41-29(46)18(5)35/h8-11,14,16-20,24-25,27-28,36,43H,12-13,15,35H2,1-7H3,(H,37,48)(H,38,51)(H,39,47)(H,40,49)(H,41,46)(H,42,50)(H,44,45)/t18-,19-,20+,24-,25-,27-,28-/m0/s1. The molecule has 11 N–H and O–H groups in total. The summed E-state index contributed by atoms with van der Waals surface area (Å²) in [5.41, 5.74) is 7.09. The SMILES string of the molecule is CC(C)C[C@H](NC(=O)[C@H](C)NC(=O)[C@@H](NC(=O)[C@@H](NC(=O)[C@H](C)N)C(C)C)[C@@H](C)O)C(=O)N[C@@H](Cc1c[nH]c2ccccc12)C(=O)NCC(=O)O. The Balaban J connectivity index is 2.20. The molecule has 1 aromatic carbocycles. The van der Waals surface area contributed by atoms with Crippen molar-refractivity contribution in [2.45, 2.75) is 104 Å². The molecule has 0 aliphatic carbocycles. The van der Waals surface area contributed by atoms with Gasteiger partial charge in [0.25, 0.3) is 0 Å². The Morgan fingerprint density at radius 2 is 1.31 bits per heavy atom. The first kappa shape index (κ1) is 42.1. The molecule has 0 unspecified atom stereocenters. The Morgan fingerprint density at radius 1 is 0.725 bits per heavy atom. The highest BCUT2D eigenvalue weighted by Gasteiger charge is 2.34. The molecule has 1 heterocycles. The lowest BCUT2D eigenvalue weighted by atomic mass is 10.0. The molecule has 1 aromatic heterocycles. The number of aromatic nitrogens is 1. The van der Waals surface area contributed by atoms with Gasteiger partial charge in [0, 0.05) is 23.5 Å². The lowest BCUT2D eigenvalue weighted by molar-refractivity contribution is -0.138. The van der Waals surface area contributed by atoms with Crippen molar-refractivity contribution in [2.75, 3.05) is 6.54 Å². The van der Waals surface area contributed by atoms with Crippen LogP contribution in [-0.4, -0.2) is 106 Å². The quantitative estimate of drug-likeness (QED) is 0.0828. The minimum atomic E-state index is -1.51. The molecule has 282 valence electrons. The molecule has 7 atom stereocenters. The van der Waals surface area contributed by atoms with Crippen LogP contribution in [0.25, 0.3) is 10.9 Å². The van der Waals surface area contributed by atoms with Gasteiger partial charge in [-0.1, -0.05) is 45.9 Å². The third-order valence-corrected chi connectivity index (χ3v) is 7.96. The predicted molar refractivity (Wildman–Crippen MR) is 188 cm³/mol. The molecule has 17 nitrogen and oxygen atoms in total. The third-order valence-electron chi connectivity index (χ3n) is 7.96. The van der Waals surface area contributed by atoms with Crippen LogP contribution in [0, 0.1) is 11.8 Å². The van der Waals surface area contributed by atoms with Gasteiger partial charge >= 0.3 is 5.97 Å². The van der Waals surface area contributed by atoms with Gasteiger partial charge in [0.2, 0.25) is 35.4 Å². The van der Waals surface area contributed by atoms with Crippen LogP contribution in [0.3, 0.4) is 0 Å². The number of aliphatic carboxylic acids is 1. The van der Waals surface area contributed by atoms with E-state index in [2.05, 4.69) is 36.9 Å². The number of rotatable bonds is 19. The number of para-hydroxylation sites is 1. The first-order chi connectivity index (χ1) is 23.8. The van der Waals surface area contributed by atoms with E-state index in [4.69, 9.17) is 10.8 Å². The normalized spacial score (nSPS) is 15.4. The average molecular weight is 717 g/mol. The first-order valence-corrected chi connectivity index (χ1v) is 16.8. The van der Waals surface area contributed by atoms with Crippen molar-refractivity contribution in [1.82, 2.24) is 36.9 Å². The van der Waals surface area contributed by atoms with Gasteiger partial charge in [0.15, 0.2) is 0 Å². The number of fused-ring (bicyclic) bond motifs is 1. The van der Waals surface area contributed by atoms with Gasteiger partial charge in [-0.3, -0.25) is 33.6 Å². The second-order valence-corrected chi connectivity index (χ2v) is 13.4. The van der Waals surface area contributed by atoms with E-state index in [1.54, 1.807) is 20.0 Å². The third kappa shape index (κ3) is 13.0. The fourth-order valence-electron chi connectivity index (χ4n) is 5.12. The van der Waals surface area contributed by atoms with Crippen molar-refractivity contribution in [3.8, 4) is 0 Å². The summed E-state index contributed by atoms with van der Waals surface area (Å²) in [4.78, 5) is 92.6. The molecular formula is C34H52N8O9. The van der Waals surface area contributed by atoms with E-state index in [0.29, 0.717) is 5.56 Å². The molecular weight excluding hydrogens is 664 g/mol. The number of benzene rings is 1. The Hall–Kier alpha value is -5.03. The highest BCUT2D eigenvalue weighted by atomic mass is 16.4. The maximum Gasteiger partial charge on any atom is 0.322 e. The number of carbonyl (C=O) groups excluding carboxylic acids is 6. The van der Waals surface area contributed by atoms with Crippen molar-refractivity contribution in [2.24, 2.45) is 17.6 Å². The number of nitrogens with two attached hydrogens (primary N) is 1. The molecule has 0 bridgehead atoms. The molecule has 2 aromatic rings. The largest absolute Gasteiger partial charge is 0.480 e. The Kier molecular flexibility index (Phi) is 16.0. The number of amides is 6. The monoisotopic (exact) mass is 716 g/mol. The van der Waals surface area contributed by atoms with E-state index in [0.717, 1.165) is 10.9 Å². The summed E-state index contributed by atoms with van der Waals surface area (Å²) in [5, 5.41) is 35.1. The number of aromatic amines is 1. The molecule has 0 saturated heterocycles. The molecule has 0 aliphatic heterocycles. The summed E-state index contributed by atoms with van der Waals surface area (Å²) in [6.45, 7) is 10.4. The van der Waals surface area contributed by atoms with Gasteiger partial charge in [-0.25, -0.2) is 0 Å². The van der Waals surface area contributed by atoms with E-state index in [9.17, 15) is 38.7 Å². The van der Waals surface area contributed by atoms with E-state index in [-0.39, 0.29) is 18.8 Å². The Morgan fingerprint density at radius 3 is 1.88 bits per heavy atom.